The lowest BCUT2D eigenvalue weighted by Gasteiger charge is -2.14. The van der Waals surface area contributed by atoms with E-state index in [0.717, 1.165) is 12.0 Å². The van der Waals surface area contributed by atoms with Crippen LogP contribution in [0.5, 0.6) is 0 Å². The van der Waals surface area contributed by atoms with Gasteiger partial charge in [-0.2, -0.15) is 11.8 Å². The highest BCUT2D eigenvalue weighted by Crippen LogP contribution is 2.24. The second-order valence-corrected chi connectivity index (χ2v) is 7.37. The first-order valence-electron chi connectivity index (χ1n) is 8.96. The first-order chi connectivity index (χ1) is 10.9. The monoisotopic (exact) mass is 320 g/mol. The molecule has 1 rings (SSSR count). The molecule has 1 atom stereocenters. The van der Waals surface area contributed by atoms with E-state index in [0.29, 0.717) is 11.7 Å². The Morgan fingerprint density at radius 3 is 2.23 bits per heavy atom. The summed E-state index contributed by atoms with van der Waals surface area (Å²) in [5, 5.41) is 0.498. The van der Waals surface area contributed by atoms with Gasteiger partial charge in [-0.15, -0.1) is 0 Å². The first-order valence-corrected chi connectivity index (χ1v) is 10.0. The molecular weight excluding hydrogens is 288 g/mol. The molecule has 0 aromatic heterocycles. The number of aldehydes is 1. The van der Waals surface area contributed by atoms with Gasteiger partial charge >= 0.3 is 0 Å². The molecule has 2 heteroatoms. The molecule has 124 valence electrons. The Bertz CT molecular complexity index is 363. The maximum absolute atomic E-state index is 10.8. The highest BCUT2D eigenvalue weighted by Gasteiger charge is 2.08. The van der Waals surface area contributed by atoms with Crippen LogP contribution in [0.4, 0.5) is 0 Å². The predicted molar refractivity (Wildman–Crippen MR) is 99.4 cm³/mol. The molecular formula is C20H32OS. The van der Waals surface area contributed by atoms with E-state index >= 15 is 0 Å². The van der Waals surface area contributed by atoms with E-state index in [1.54, 1.807) is 0 Å². The lowest BCUT2D eigenvalue weighted by atomic mass is 10.1. The minimum Gasteiger partial charge on any atom is -0.303 e. The van der Waals surface area contributed by atoms with Crippen LogP contribution in [0.15, 0.2) is 30.3 Å². The van der Waals surface area contributed by atoms with Gasteiger partial charge in [0.25, 0.3) is 0 Å². The Hall–Kier alpha value is -0.760. The van der Waals surface area contributed by atoms with E-state index in [1.807, 2.05) is 11.8 Å². The molecule has 0 radical (unpaired) electrons. The van der Waals surface area contributed by atoms with Crippen molar-refractivity contribution in [2.24, 2.45) is 0 Å². The van der Waals surface area contributed by atoms with Crippen molar-refractivity contribution in [2.45, 2.75) is 82.1 Å². The van der Waals surface area contributed by atoms with Gasteiger partial charge in [0.05, 0.1) is 0 Å². The van der Waals surface area contributed by atoms with Gasteiger partial charge < -0.3 is 4.79 Å². The smallest absolute Gasteiger partial charge is 0.121 e. The van der Waals surface area contributed by atoms with E-state index in [9.17, 15) is 4.79 Å². The molecule has 0 aliphatic rings. The summed E-state index contributed by atoms with van der Waals surface area (Å²) in [7, 11) is 0. The fourth-order valence-electron chi connectivity index (χ4n) is 2.67. The molecule has 0 saturated carbocycles. The molecule has 0 fully saturated rings. The molecule has 0 amide bonds. The topological polar surface area (TPSA) is 17.1 Å². The largest absolute Gasteiger partial charge is 0.303 e. The number of benzene rings is 1. The van der Waals surface area contributed by atoms with E-state index in [-0.39, 0.29) is 0 Å². The van der Waals surface area contributed by atoms with Crippen LogP contribution in [0.3, 0.4) is 0 Å². The van der Waals surface area contributed by atoms with Crippen LogP contribution < -0.4 is 0 Å². The Morgan fingerprint density at radius 1 is 0.955 bits per heavy atom. The third-order valence-corrected chi connectivity index (χ3v) is 5.47. The third-order valence-electron chi connectivity index (χ3n) is 4.07. The quantitative estimate of drug-likeness (QED) is 0.291. The standard InChI is InChI=1S/C20H32OS/c1-2-3-4-5-6-7-8-12-15-20(16-17-21)22-18-19-13-10-9-11-14-19/h9-11,13-14,17,20H,2-8,12,15-16,18H2,1H3/t20-/m1/s1. The summed E-state index contributed by atoms with van der Waals surface area (Å²) in [5.74, 6) is 1.02. The fourth-order valence-corrected chi connectivity index (χ4v) is 3.84. The van der Waals surface area contributed by atoms with Crippen molar-refractivity contribution in [3.8, 4) is 0 Å². The van der Waals surface area contributed by atoms with Crippen molar-refractivity contribution in [1.82, 2.24) is 0 Å². The molecule has 0 bridgehead atoms. The number of hydrogen-bond donors (Lipinski definition) is 0. The van der Waals surface area contributed by atoms with Crippen LogP contribution in [-0.2, 0) is 10.5 Å². The number of hydrogen-bond acceptors (Lipinski definition) is 2. The van der Waals surface area contributed by atoms with Gasteiger partial charge in [0.15, 0.2) is 0 Å². The van der Waals surface area contributed by atoms with Crippen LogP contribution in [0.2, 0.25) is 0 Å². The molecule has 1 nitrogen and oxygen atoms in total. The van der Waals surface area contributed by atoms with Crippen LogP contribution in [0.25, 0.3) is 0 Å². The summed E-state index contributed by atoms with van der Waals surface area (Å²) in [6, 6.07) is 10.6. The molecule has 0 N–H and O–H groups in total. The molecule has 1 aromatic carbocycles. The first kappa shape index (κ1) is 19.3. The zero-order valence-corrected chi connectivity index (χ0v) is 15.0. The summed E-state index contributed by atoms with van der Waals surface area (Å²) in [4.78, 5) is 10.8. The second-order valence-electron chi connectivity index (χ2n) is 6.08. The Kier molecular flexibility index (Phi) is 12.2. The molecule has 1 aromatic rings. The summed E-state index contributed by atoms with van der Waals surface area (Å²) in [6.07, 6.45) is 13.8. The van der Waals surface area contributed by atoms with Crippen LogP contribution >= 0.6 is 11.8 Å². The van der Waals surface area contributed by atoms with Crippen molar-refractivity contribution in [1.29, 1.82) is 0 Å². The Morgan fingerprint density at radius 2 is 1.59 bits per heavy atom. The number of carbonyl (C=O) groups is 1. The van der Waals surface area contributed by atoms with Gasteiger partial charge in [-0.05, 0) is 12.0 Å². The molecule has 22 heavy (non-hydrogen) atoms. The van der Waals surface area contributed by atoms with Gasteiger partial charge in [-0.25, -0.2) is 0 Å². The molecule has 0 heterocycles. The van der Waals surface area contributed by atoms with Gasteiger partial charge in [-0.1, -0.05) is 88.6 Å². The van der Waals surface area contributed by atoms with Gasteiger partial charge in [0.2, 0.25) is 0 Å². The lowest BCUT2D eigenvalue weighted by Crippen LogP contribution is -2.04. The minimum absolute atomic E-state index is 0.498. The molecule has 0 aliphatic carbocycles. The van der Waals surface area contributed by atoms with E-state index in [2.05, 4.69) is 37.3 Å². The molecule has 0 spiro atoms. The summed E-state index contributed by atoms with van der Waals surface area (Å²) in [6.45, 7) is 2.26. The van der Waals surface area contributed by atoms with Crippen LogP contribution in [0, 0.1) is 0 Å². The highest BCUT2D eigenvalue weighted by molar-refractivity contribution is 7.99. The third kappa shape index (κ3) is 10.0. The lowest BCUT2D eigenvalue weighted by molar-refractivity contribution is -0.107. The Balaban J connectivity index is 2.09. The van der Waals surface area contributed by atoms with Crippen LogP contribution in [-0.4, -0.2) is 11.5 Å². The highest BCUT2D eigenvalue weighted by atomic mass is 32.2. The number of rotatable bonds is 14. The van der Waals surface area contributed by atoms with Crippen molar-refractivity contribution >= 4 is 18.0 Å². The number of thioether (sulfide) groups is 1. The maximum atomic E-state index is 10.8. The van der Waals surface area contributed by atoms with E-state index < -0.39 is 0 Å². The van der Waals surface area contributed by atoms with Crippen molar-refractivity contribution in [2.75, 3.05) is 0 Å². The van der Waals surface area contributed by atoms with Crippen LogP contribution in [0.1, 0.15) is 76.7 Å². The average Bonchev–Trinajstić information content (AvgIpc) is 2.56. The summed E-state index contributed by atoms with van der Waals surface area (Å²) in [5.41, 5.74) is 1.36. The van der Waals surface area contributed by atoms with Gasteiger partial charge in [-0.3, -0.25) is 0 Å². The normalized spacial score (nSPS) is 12.2. The predicted octanol–water partition coefficient (Wildman–Crippen LogP) is 6.41. The molecule has 0 saturated heterocycles. The maximum Gasteiger partial charge on any atom is 0.121 e. The fraction of sp³-hybridized carbons (Fsp3) is 0.650. The summed E-state index contributed by atoms with van der Waals surface area (Å²) < 4.78 is 0. The number of carbonyl (C=O) groups excluding carboxylic acids is 1. The van der Waals surface area contributed by atoms with Crippen molar-refractivity contribution in [3.63, 3.8) is 0 Å². The SMILES string of the molecule is CCCCCCCCCC[C@H](CC=O)SCc1ccccc1. The molecule has 0 unspecified atom stereocenters. The Labute approximate surface area is 141 Å². The van der Waals surface area contributed by atoms with E-state index in [1.165, 1.54) is 63.4 Å². The van der Waals surface area contributed by atoms with Gasteiger partial charge in [0.1, 0.15) is 6.29 Å². The molecule has 0 aliphatic heterocycles. The number of unbranched alkanes of at least 4 members (excludes halogenated alkanes) is 7. The second kappa shape index (κ2) is 13.9. The van der Waals surface area contributed by atoms with Gasteiger partial charge in [0, 0.05) is 17.4 Å². The van der Waals surface area contributed by atoms with Crippen molar-refractivity contribution < 1.29 is 4.79 Å². The summed E-state index contributed by atoms with van der Waals surface area (Å²) >= 11 is 1.94. The zero-order valence-electron chi connectivity index (χ0n) is 14.1. The van der Waals surface area contributed by atoms with Crippen molar-refractivity contribution in [3.05, 3.63) is 35.9 Å². The zero-order chi connectivity index (χ0) is 15.9. The van der Waals surface area contributed by atoms with E-state index in [4.69, 9.17) is 0 Å². The minimum atomic E-state index is 0.498. The average molecular weight is 321 g/mol.